The van der Waals surface area contributed by atoms with E-state index >= 15 is 0 Å². The highest BCUT2D eigenvalue weighted by Gasteiger charge is 2.34. The summed E-state index contributed by atoms with van der Waals surface area (Å²) < 4.78 is 38.9. The van der Waals surface area contributed by atoms with Crippen molar-refractivity contribution in [2.45, 2.75) is 19.1 Å². The number of rotatable bonds is 3. The Morgan fingerprint density at radius 1 is 1.05 bits per heavy atom. The molecular formula is C12H13F3N6. The molecule has 0 bridgehead atoms. The Morgan fingerprint density at radius 3 is 2.19 bits per heavy atom. The lowest BCUT2D eigenvalue weighted by Crippen LogP contribution is -2.17. The van der Waals surface area contributed by atoms with E-state index in [4.69, 9.17) is 11.5 Å². The van der Waals surface area contributed by atoms with E-state index in [0.717, 1.165) is 6.07 Å². The number of hydrogen-bond donors (Lipinski definition) is 3. The second-order valence-corrected chi connectivity index (χ2v) is 4.33. The van der Waals surface area contributed by atoms with Crippen LogP contribution in [0.3, 0.4) is 0 Å². The van der Waals surface area contributed by atoms with Crippen LogP contribution in [-0.2, 0) is 6.18 Å². The molecule has 0 aliphatic carbocycles. The van der Waals surface area contributed by atoms with Gasteiger partial charge in [0.05, 0.1) is 11.6 Å². The molecule has 0 aliphatic heterocycles. The van der Waals surface area contributed by atoms with Crippen LogP contribution in [-0.4, -0.2) is 15.0 Å². The number of anilines is 3. The molecule has 1 aromatic heterocycles. The molecule has 1 aromatic carbocycles. The first kappa shape index (κ1) is 14.8. The summed E-state index contributed by atoms with van der Waals surface area (Å²) in [6, 6.07) is 4.57. The molecule has 0 spiro atoms. The van der Waals surface area contributed by atoms with Crippen molar-refractivity contribution in [1.82, 2.24) is 15.0 Å². The second-order valence-electron chi connectivity index (χ2n) is 4.33. The minimum absolute atomic E-state index is 0.0180. The van der Waals surface area contributed by atoms with Crippen molar-refractivity contribution in [1.29, 1.82) is 0 Å². The van der Waals surface area contributed by atoms with Crippen LogP contribution in [0.25, 0.3) is 0 Å². The van der Waals surface area contributed by atoms with Gasteiger partial charge in [-0.3, -0.25) is 0 Å². The lowest BCUT2D eigenvalue weighted by atomic mass is 10.0. The number of nitrogen functional groups attached to an aromatic ring is 2. The largest absolute Gasteiger partial charge is 0.416 e. The molecule has 0 fully saturated rings. The fourth-order valence-corrected chi connectivity index (χ4v) is 1.88. The van der Waals surface area contributed by atoms with Gasteiger partial charge in [-0.25, -0.2) is 0 Å². The predicted molar refractivity (Wildman–Crippen MR) is 72.1 cm³/mol. The van der Waals surface area contributed by atoms with E-state index in [2.05, 4.69) is 20.3 Å². The lowest BCUT2D eigenvalue weighted by Gasteiger charge is -2.19. The Labute approximate surface area is 118 Å². The predicted octanol–water partition coefficient (Wildman–Crippen LogP) is 2.23. The van der Waals surface area contributed by atoms with Crippen molar-refractivity contribution in [2.75, 3.05) is 16.8 Å². The van der Waals surface area contributed by atoms with Gasteiger partial charge in [-0.15, -0.1) is 0 Å². The SMILES string of the molecule is CC(Nc1nc(N)nc(N)n1)c1ccccc1C(F)(F)F. The van der Waals surface area contributed by atoms with Crippen molar-refractivity contribution in [3.05, 3.63) is 35.4 Å². The minimum Gasteiger partial charge on any atom is -0.368 e. The summed E-state index contributed by atoms with van der Waals surface area (Å²) >= 11 is 0. The van der Waals surface area contributed by atoms with Crippen LogP contribution in [0.1, 0.15) is 24.1 Å². The van der Waals surface area contributed by atoms with Gasteiger partial charge in [0.15, 0.2) is 0 Å². The molecule has 0 radical (unpaired) electrons. The van der Waals surface area contributed by atoms with Crippen molar-refractivity contribution in [2.24, 2.45) is 0 Å². The first-order valence-corrected chi connectivity index (χ1v) is 5.97. The lowest BCUT2D eigenvalue weighted by molar-refractivity contribution is -0.138. The average molecular weight is 298 g/mol. The average Bonchev–Trinajstić information content (AvgIpc) is 2.36. The molecule has 1 atom stereocenters. The summed E-state index contributed by atoms with van der Waals surface area (Å²) in [5.74, 6) is -0.202. The third kappa shape index (κ3) is 3.50. The standard InChI is InChI=1S/C12H13F3N6/c1-6(18-11-20-9(16)19-10(17)21-11)7-4-2-3-5-8(7)12(13,14)15/h2-6H,1H3,(H5,16,17,18,19,20,21). The molecule has 5 N–H and O–H groups in total. The van der Waals surface area contributed by atoms with E-state index in [-0.39, 0.29) is 23.4 Å². The minimum atomic E-state index is -4.44. The molecular weight excluding hydrogens is 285 g/mol. The van der Waals surface area contributed by atoms with Crippen LogP contribution >= 0.6 is 0 Å². The van der Waals surface area contributed by atoms with Crippen molar-refractivity contribution >= 4 is 17.8 Å². The fourth-order valence-electron chi connectivity index (χ4n) is 1.88. The van der Waals surface area contributed by atoms with Gasteiger partial charge in [0, 0.05) is 0 Å². The molecule has 0 aliphatic rings. The number of alkyl halides is 3. The maximum atomic E-state index is 13.0. The normalized spacial score (nSPS) is 13.0. The Kier molecular flexibility index (Phi) is 3.83. The first-order chi connectivity index (χ1) is 9.77. The van der Waals surface area contributed by atoms with Crippen molar-refractivity contribution in [3.63, 3.8) is 0 Å². The summed E-state index contributed by atoms with van der Waals surface area (Å²) in [6.45, 7) is 1.56. The topological polar surface area (TPSA) is 103 Å². The molecule has 2 aromatic rings. The van der Waals surface area contributed by atoms with Crippen LogP contribution in [0.4, 0.5) is 31.0 Å². The van der Waals surface area contributed by atoms with Gasteiger partial charge < -0.3 is 16.8 Å². The molecule has 0 saturated carbocycles. The van der Waals surface area contributed by atoms with Gasteiger partial charge in [-0.2, -0.15) is 28.1 Å². The van der Waals surface area contributed by atoms with E-state index in [1.165, 1.54) is 18.2 Å². The summed E-state index contributed by atoms with van der Waals surface area (Å²) in [6.07, 6.45) is -4.44. The number of nitrogens with one attached hydrogen (secondary N) is 1. The Hall–Kier alpha value is -2.58. The summed E-state index contributed by atoms with van der Waals surface area (Å²) in [5.41, 5.74) is 10.2. The molecule has 1 heterocycles. The van der Waals surface area contributed by atoms with E-state index in [0.29, 0.717) is 0 Å². The third-order valence-corrected chi connectivity index (χ3v) is 2.75. The number of nitrogens with zero attached hydrogens (tertiary/aromatic N) is 3. The molecule has 2 rings (SSSR count). The summed E-state index contributed by atoms with van der Waals surface area (Å²) in [4.78, 5) is 11.1. The second kappa shape index (κ2) is 5.43. The zero-order valence-corrected chi connectivity index (χ0v) is 11.0. The van der Waals surface area contributed by atoms with Gasteiger partial charge in [-0.05, 0) is 18.6 Å². The number of benzene rings is 1. The number of halogens is 3. The molecule has 6 nitrogen and oxygen atoms in total. The number of hydrogen-bond acceptors (Lipinski definition) is 6. The summed E-state index contributed by atoms with van der Waals surface area (Å²) in [7, 11) is 0. The van der Waals surface area contributed by atoms with E-state index in [9.17, 15) is 13.2 Å². The Balaban J connectivity index is 2.31. The van der Waals surface area contributed by atoms with Gasteiger partial charge in [0.25, 0.3) is 0 Å². The van der Waals surface area contributed by atoms with Crippen LogP contribution in [0.15, 0.2) is 24.3 Å². The van der Waals surface area contributed by atoms with Gasteiger partial charge in [0.2, 0.25) is 17.8 Å². The zero-order valence-electron chi connectivity index (χ0n) is 11.0. The van der Waals surface area contributed by atoms with Gasteiger partial charge in [-0.1, -0.05) is 18.2 Å². The Bertz CT molecular complexity index is 623. The van der Waals surface area contributed by atoms with Gasteiger partial charge >= 0.3 is 6.18 Å². The van der Waals surface area contributed by atoms with E-state index in [1.807, 2.05) is 0 Å². The summed E-state index contributed by atoms with van der Waals surface area (Å²) in [5, 5.41) is 2.73. The smallest absolute Gasteiger partial charge is 0.368 e. The maximum Gasteiger partial charge on any atom is 0.416 e. The zero-order chi connectivity index (χ0) is 15.6. The number of aromatic nitrogens is 3. The number of nitrogens with two attached hydrogens (primary N) is 2. The maximum absolute atomic E-state index is 13.0. The quantitative estimate of drug-likeness (QED) is 0.803. The molecule has 0 saturated heterocycles. The van der Waals surface area contributed by atoms with Crippen LogP contribution < -0.4 is 16.8 Å². The van der Waals surface area contributed by atoms with Gasteiger partial charge in [0.1, 0.15) is 0 Å². The highest BCUT2D eigenvalue weighted by molar-refractivity contribution is 5.41. The van der Waals surface area contributed by atoms with Crippen molar-refractivity contribution < 1.29 is 13.2 Å². The molecule has 112 valence electrons. The van der Waals surface area contributed by atoms with Crippen LogP contribution in [0, 0.1) is 0 Å². The molecule has 0 amide bonds. The molecule has 21 heavy (non-hydrogen) atoms. The van der Waals surface area contributed by atoms with E-state index < -0.39 is 17.8 Å². The van der Waals surface area contributed by atoms with Crippen LogP contribution in [0.5, 0.6) is 0 Å². The first-order valence-electron chi connectivity index (χ1n) is 5.97. The third-order valence-electron chi connectivity index (χ3n) is 2.75. The molecule has 9 heteroatoms. The molecule has 1 unspecified atom stereocenters. The van der Waals surface area contributed by atoms with Crippen molar-refractivity contribution in [3.8, 4) is 0 Å². The highest BCUT2D eigenvalue weighted by atomic mass is 19.4. The fraction of sp³-hybridized carbons (Fsp3) is 0.250. The highest BCUT2D eigenvalue weighted by Crippen LogP contribution is 2.35. The Morgan fingerprint density at radius 2 is 1.62 bits per heavy atom. The monoisotopic (exact) mass is 298 g/mol. The van der Waals surface area contributed by atoms with Crippen LogP contribution in [0.2, 0.25) is 0 Å². The van der Waals surface area contributed by atoms with E-state index in [1.54, 1.807) is 6.92 Å².